The first-order valence-corrected chi connectivity index (χ1v) is 6.96. The summed E-state index contributed by atoms with van der Waals surface area (Å²) in [7, 11) is 0. The molecule has 0 saturated heterocycles. The number of hydrogen-bond donors (Lipinski definition) is 1. The summed E-state index contributed by atoms with van der Waals surface area (Å²) >= 11 is 6.11. The first-order chi connectivity index (χ1) is 11.0. The average molecular weight is 333 g/mol. The summed E-state index contributed by atoms with van der Waals surface area (Å²) in [5, 5.41) is 11.0. The summed E-state index contributed by atoms with van der Waals surface area (Å²) in [4.78, 5) is 20.8. The van der Waals surface area contributed by atoms with E-state index in [1.807, 2.05) is 0 Å². The molecule has 2 aromatic rings. The lowest BCUT2D eigenvalue weighted by atomic mass is 10.2. The second-order valence-corrected chi connectivity index (χ2v) is 5.04. The van der Waals surface area contributed by atoms with Crippen LogP contribution in [0.25, 0.3) is 6.08 Å². The van der Waals surface area contributed by atoms with Crippen LogP contribution in [0.15, 0.2) is 48.5 Å². The van der Waals surface area contributed by atoms with Crippen molar-refractivity contribution in [3.63, 3.8) is 0 Å². The number of benzene rings is 2. The minimum Gasteiger partial charge on any atom is -0.487 e. The van der Waals surface area contributed by atoms with Crippen LogP contribution in [0, 0.1) is 10.1 Å². The molecule has 0 fully saturated rings. The lowest BCUT2D eigenvalue weighted by Crippen LogP contribution is -2.05. The van der Waals surface area contributed by atoms with Crippen molar-refractivity contribution in [3.8, 4) is 5.75 Å². The Balaban J connectivity index is 2.03. The summed E-state index contributed by atoms with van der Waals surface area (Å²) in [6.45, 7) is 0.230. The van der Waals surface area contributed by atoms with Gasteiger partial charge in [0, 0.05) is 18.2 Å². The van der Waals surface area contributed by atoms with E-state index in [4.69, 9.17) is 22.1 Å². The Morgan fingerprint density at radius 1 is 1.26 bits per heavy atom. The van der Waals surface area contributed by atoms with E-state index in [2.05, 4.69) is 0 Å². The van der Waals surface area contributed by atoms with Gasteiger partial charge < -0.3 is 10.5 Å². The average Bonchev–Trinajstić information content (AvgIpc) is 2.52. The van der Waals surface area contributed by atoms with Crippen molar-refractivity contribution in [3.05, 3.63) is 74.8 Å². The summed E-state index contributed by atoms with van der Waals surface area (Å²) in [6.07, 6.45) is 2.79. The molecule has 0 spiro atoms. The van der Waals surface area contributed by atoms with Gasteiger partial charge in [0.05, 0.1) is 9.95 Å². The standard InChI is InChI=1S/C16H13ClN2O4/c17-14-9-11(4-8-16(18)20)3-7-15(14)23-10-12-1-5-13(6-2-12)19(21)22/h1-9H,10H2,(H2,18,20)/b8-4+. The SMILES string of the molecule is NC(=O)/C=C/c1ccc(OCc2ccc([N+](=O)[O-])cc2)c(Cl)c1. The zero-order valence-electron chi connectivity index (χ0n) is 11.9. The molecule has 7 heteroatoms. The summed E-state index contributed by atoms with van der Waals surface area (Å²) in [5.74, 6) is -0.0686. The zero-order valence-corrected chi connectivity index (χ0v) is 12.7. The second kappa shape index (κ2) is 7.42. The molecular weight excluding hydrogens is 320 g/mol. The fourth-order valence-corrected chi connectivity index (χ4v) is 2.03. The third-order valence-corrected chi connectivity index (χ3v) is 3.23. The van der Waals surface area contributed by atoms with E-state index >= 15 is 0 Å². The van der Waals surface area contributed by atoms with Gasteiger partial charge in [-0.2, -0.15) is 0 Å². The molecule has 23 heavy (non-hydrogen) atoms. The minimum absolute atomic E-state index is 0.0253. The smallest absolute Gasteiger partial charge is 0.269 e. The highest BCUT2D eigenvalue weighted by Crippen LogP contribution is 2.27. The molecule has 6 nitrogen and oxygen atoms in total. The number of nitro benzene ring substituents is 1. The molecular formula is C16H13ClN2O4. The van der Waals surface area contributed by atoms with E-state index in [0.29, 0.717) is 10.8 Å². The van der Waals surface area contributed by atoms with Gasteiger partial charge in [-0.15, -0.1) is 0 Å². The minimum atomic E-state index is -0.542. The number of ether oxygens (including phenoxy) is 1. The van der Waals surface area contributed by atoms with Gasteiger partial charge in [0.15, 0.2) is 0 Å². The predicted molar refractivity (Wildman–Crippen MR) is 87.1 cm³/mol. The number of carbonyl (C=O) groups excluding carboxylic acids is 1. The lowest BCUT2D eigenvalue weighted by molar-refractivity contribution is -0.384. The molecule has 118 valence electrons. The summed E-state index contributed by atoms with van der Waals surface area (Å²) < 4.78 is 5.59. The van der Waals surface area contributed by atoms with Gasteiger partial charge in [0.1, 0.15) is 12.4 Å². The first kappa shape index (κ1) is 16.5. The maximum Gasteiger partial charge on any atom is 0.269 e. The Hall–Kier alpha value is -2.86. The lowest BCUT2D eigenvalue weighted by Gasteiger charge is -2.08. The number of rotatable bonds is 6. The molecule has 0 saturated carbocycles. The van der Waals surface area contributed by atoms with Crippen LogP contribution in [-0.2, 0) is 11.4 Å². The van der Waals surface area contributed by atoms with Crippen LogP contribution >= 0.6 is 11.6 Å². The third-order valence-electron chi connectivity index (χ3n) is 2.94. The number of non-ortho nitro benzene ring substituents is 1. The number of hydrogen-bond acceptors (Lipinski definition) is 4. The molecule has 2 N–H and O–H groups in total. The van der Waals surface area contributed by atoms with Gasteiger partial charge in [-0.3, -0.25) is 14.9 Å². The molecule has 0 aliphatic rings. The van der Waals surface area contributed by atoms with E-state index in [9.17, 15) is 14.9 Å². The second-order valence-electron chi connectivity index (χ2n) is 4.64. The molecule has 0 aliphatic heterocycles. The van der Waals surface area contributed by atoms with Crippen molar-refractivity contribution >= 4 is 29.3 Å². The molecule has 0 unspecified atom stereocenters. The Bertz CT molecular complexity index is 757. The monoisotopic (exact) mass is 332 g/mol. The van der Waals surface area contributed by atoms with E-state index in [0.717, 1.165) is 11.1 Å². The van der Waals surface area contributed by atoms with Crippen molar-refractivity contribution in [1.29, 1.82) is 0 Å². The maximum absolute atomic E-state index is 10.7. The van der Waals surface area contributed by atoms with Crippen LogP contribution < -0.4 is 10.5 Å². The van der Waals surface area contributed by atoms with Crippen molar-refractivity contribution in [1.82, 2.24) is 0 Å². The van der Waals surface area contributed by atoms with Crippen LogP contribution in [0.5, 0.6) is 5.75 Å². The van der Waals surface area contributed by atoms with Gasteiger partial charge in [-0.1, -0.05) is 17.7 Å². The number of nitrogens with zero attached hydrogens (tertiary/aromatic N) is 1. The van der Waals surface area contributed by atoms with Gasteiger partial charge in [0.2, 0.25) is 5.91 Å². The van der Waals surface area contributed by atoms with Gasteiger partial charge >= 0.3 is 0 Å². The molecule has 1 amide bonds. The van der Waals surface area contributed by atoms with Crippen molar-refractivity contribution < 1.29 is 14.5 Å². The van der Waals surface area contributed by atoms with E-state index in [1.54, 1.807) is 36.4 Å². The molecule has 0 aromatic heterocycles. The number of amides is 1. The molecule has 0 aliphatic carbocycles. The summed E-state index contributed by atoms with van der Waals surface area (Å²) in [5.41, 5.74) is 6.55. The van der Waals surface area contributed by atoms with Gasteiger partial charge in [0.25, 0.3) is 5.69 Å². The van der Waals surface area contributed by atoms with Crippen LogP contribution in [0.2, 0.25) is 5.02 Å². The van der Waals surface area contributed by atoms with E-state index in [1.165, 1.54) is 18.2 Å². The predicted octanol–water partition coefficient (Wildman–Crippen LogP) is 3.33. The molecule has 2 rings (SSSR count). The molecule has 0 atom stereocenters. The van der Waals surface area contributed by atoms with Gasteiger partial charge in [-0.05, 0) is 41.5 Å². The zero-order chi connectivity index (χ0) is 16.8. The maximum atomic E-state index is 10.7. The van der Waals surface area contributed by atoms with Crippen LogP contribution in [0.4, 0.5) is 5.69 Å². The molecule has 0 heterocycles. The third kappa shape index (κ3) is 4.82. The first-order valence-electron chi connectivity index (χ1n) is 6.59. The van der Waals surface area contributed by atoms with E-state index in [-0.39, 0.29) is 12.3 Å². The highest BCUT2D eigenvalue weighted by molar-refractivity contribution is 6.32. The Kier molecular flexibility index (Phi) is 5.32. The highest BCUT2D eigenvalue weighted by Gasteiger charge is 2.06. The number of primary amides is 1. The van der Waals surface area contributed by atoms with Crippen LogP contribution in [0.1, 0.15) is 11.1 Å². The quantitative estimate of drug-likeness (QED) is 0.498. The Labute approximate surface area is 137 Å². The summed E-state index contributed by atoms with van der Waals surface area (Å²) in [6, 6.07) is 11.1. The highest BCUT2D eigenvalue weighted by atomic mass is 35.5. The van der Waals surface area contributed by atoms with Crippen LogP contribution in [0.3, 0.4) is 0 Å². The Morgan fingerprint density at radius 2 is 1.96 bits per heavy atom. The van der Waals surface area contributed by atoms with Crippen molar-refractivity contribution in [2.75, 3.05) is 0 Å². The molecule has 2 aromatic carbocycles. The molecule has 0 bridgehead atoms. The fraction of sp³-hybridized carbons (Fsp3) is 0.0625. The van der Waals surface area contributed by atoms with Crippen molar-refractivity contribution in [2.45, 2.75) is 6.61 Å². The number of nitrogens with two attached hydrogens (primary N) is 1. The number of nitro groups is 1. The van der Waals surface area contributed by atoms with Crippen molar-refractivity contribution in [2.24, 2.45) is 5.73 Å². The topological polar surface area (TPSA) is 95.5 Å². The van der Waals surface area contributed by atoms with Crippen LogP contribution in [-0.4, -0.2) is 10.8 Å². The van der Waals surface area contributed by atoms with Gasteiger partial charge in [-0.25, -0.2) is 0 Å². The van der Waals surface area contributed by atoms with E-state index < -0.39 is 10.8 Å². The fourth-order valence-electron chi connectivity index (χ4n) is 1.79. The number of carbonyl (C=O) groups is 1. The molecule has 0 radical (unpaired) electrons. The largest absolute Gasteiger partial charge is 0.487 e. The normalized spacial score (nSPS) is 10.7. The number of halogens is 1. The Morgan fingerprint density at radius 3 is 2.52 bits per heavy atom.